The Labute approximate surface area is 142 Å². The summed E-state index contributed by atoms with van der Waals surface area (Å²) in [6.45, 7) is 5.62. The van der Waals surface area contributed by atoms with Gasteiger partial charge in [0.1, 0.15) is 6.61 Å². The predicted octanol–water partition coefficient (Wildman–Crippen LogP) is 4.12. The summed E-state index contributed by atoms with van der Waals surface area (Å²) in [5.41, 5.74) is 5.46. The van der Waals surface area contributed by atoms with Gasteiger partial charge in [0.25, 0.3) is 0 Å². The Morgan fingerprint density at radius 1 is 1.17 bits per heavy atom. The van der Waals surface area contributed by atoms with Crippen LogP contribution in [0.5, 0.6) is 0 Å². The maximum atomic E-state index is 12.2. The number of nitrogens with zero attached hydrogens (tertiary/aromatic N) is 2. The summed E-state index contributed by atoms with van der Waals surface area (Å²) in [6.07, 6.45) is 2.61. The van der Waals surface area contributed by atoms with Gasteiger partial charge < -0.3 is 9.64 Å². The number of benzene rings is 1. The van der Waals surface area contributed by atoms with E-state index in [-0.39, 0.29) is 6.09 Å². The molecule has 0 saturated heterocycles. The molecule has 0 bridgehead atoms. The molecule has 0 atom stereocenters. The lowest BCUT2D eigenvalue weighted by atomic mass is 10.0. The first kappa shape index (κ1) is 16.2. The smallest absolute Gasteiger partial charge is 0.410 e. The third kappa shape index (κ3) is 3.82. The van der Waals surface area contributed by atoms with Gasteiger partial charge in [-0.2, -0.15) is 0 Å². The first-order valence-corrected chi connectivity index (χ1v) is 8.23. The molecule has 0 saturated carbocycles. The van der Waals surface area contributed by atoms with Gasteiger partial charge in [0.2, 0.25) is 0 Å². The van der Waals surface area contributed by atoms with E-state index in [1.165, 1.54) is 11.1 Å². The van der Waals surface area contributed by atoms with E-state index in [4.69, 9.17) is 4.74 Å². The van der Waals surface area contributed by atoms with Crippen LogP contribution < -0.4 is 0 Å². The van der Waals surface area contributed by atoms with Crippen molar-refractivity contribution >= 4 is 11.7 Å². The maximum Gasteiger partial charge on any atom is 0.410 e. The minimum absolute atomic E-state index is 0.262. The van der Waals surface area contributed by atoms with E-state index in [1.807, 2.05) is 37.3 Å². The number of aryl methyl sites for hydroxylation is 2. The Bertz CT molecular complexity index is 753. The van der Waals surface area contributed by atoms with Gasteiger partial charge in [0, 0.05) is 18.8 Å². The van der Waals surface area contributed by atoms with E-state index in [0.29, 0.717) is 19.7 Å². The van der Waals surface area contributed by atoms with Crippen molar-refractivity contribution in [3.05, 3.63) is 71.1 Å². The third-order valence-corrected chi connectivity index (χ3v) is 4.35. The largest absolute Gasteiger partial charge is 0.445 e. The molecule has 1 aliphatic rings. The van der Waals surface area contributed by atoms with E-state index in [1.54, 1.807) is 4.90 Å². The van der Waals surface area contributed by atoms with Gasteiger partial charge >= 0.3 is 6.09 Å². The molecule has 2 aromatic rings. The molecule has 124 valence electrons. The second-order valence-electron chi connectivity index (χ2n) is 6.06. The van der Waals surface area contributed by atoms with Crippen LogP contribution in [0.25, 0.3) is 5.57 Å². The molecule has 3 rings (SSSR count). The number of carbonyl (C=O) groups is 1. The molecule has 1 amide bonds. The first-order valence-electron chi connectivity index (χ1n) is 8.23. The number of amides is 1. The standard InChI is InChI=1S/C20H22N2O2/c1-15-8-9-19(21-16(15)2)18-10-12-22(13-11-18)20(23)24-14-17-6-4-3-5-7-17/h3-10H,11-14H2,1-2H3. The molecule has 1 aromatic carbocycles. The zero-order valence-corrected chi connectivity index (χ0v) is 14.2. The van der Waals surface area contributed by atoms with Crippen LogP contribution in [0.15, 0.2) is 48.5 Å². The van der Waals surface area contributed by atoms with Crippen molar-refractivity contribution in [2.45, 2.75) is 26.9 Å². The number of carbonyl (C=O) groups excluding carboxylic acids is 1. The van der Waals surface area contributed by atoms with Crippen molar-refractivity contribution < 1.29 is 9.53 Å². The highest BCUT2D eigenvalue weighted by atomic mass is 16.6. The van der Waals surface area contributed by atoms with E-state index >= 15 is 0 Å². The van der Waals surface area contributed by atoms with Crippen LogP contribution in [-0.2, 0) is 11.3 Å². The van der Waals surface area contributed by atoms with Gasteiger partial charge in [-0.3, -0.25) is 4.98 Å². The van der Waals surface area contributed by atoms with Crippen molar-refractivity contribution in [2.75, 3.05) is 13.1 Å². The summed E-state index contributed by atoms with van der Waals surface area (Å²) < 4.78 is 5.39. The molecule has 0 aliphatic carbocycles. The lowest BCUT2D eigenvalue weighted by Crippen LogP contribution is -2.35. The van der Waals surface area contributed by atoms with Gasteiger partial charge in [0.05, 0.1) is 5.69 Å². The average Bonchev–Trinajstić information content (AvgIpc) is 2.63. The number of pyridine rings is 1. The van der Waals surface area contributed by atoms with E-state index in [2.05, 4.69) is 30.1 Å². The van der Waals surface area contributed by atoms with Crippen molar-refractivity contribution in [2.24, 2.45) is 0 Å². The second kappa shape index (κ2) is 7.30. The van der Waals surface area contributed by atoms with Gasteiger partial charge in [-0.15, -0.1) is 0 Å². The minimum atomic E-state index is -0.262. The molecule has 0 radical (unpaired) electrons. The average molecular weight is 322 g/mol. The Hall–Kier alpha value is -2.62. The molecular weight excluding hydrogens is 300 g/mol. The molecule has 1 aliphatic heterocycles. The Balaban J connectivity index is 1.58. The fraction of sp³-hybridized carbons (Fsp3) is 0.300. The molecule has 1 aromatic heterocycles. The Kier molecular flexibility index (Phi) is 4.94. The van der Waals surface area contributed by atoms with Crippen molar-refractivity contribution in [1.82, 2.24) is 9.88 Å². The van der Waals surface area contributed by atoms with Crippen LogP contribution in [-0.4, -0.2) is 29.1 Å². The number of hydrogen-bond acceptors (Lipinski definition) is 3. The molecule has 4 nitrogen and oxygen atoms in total. The molecular formula is C20H22N2O2. The summed E-state index contributed by atoms with van der Waals surface area (Å²) in [6, 6.07) is 13.9. The maximum absolute atomic E-state index is 12.2. The zero-order valence-electron chi connectivity index (χ0n) is 14.2. The summed E-state index contributed by atoms with van der Waals surface area (Å²) in [7, 11) is 0. The number of hydrogen-bond donors (Lipinski definition) is 0. The molecule has 0 spiro atoms. The normalized spacial score (nSPS) is 14.2. The van der Waals surface area contributed by atoms with Gasteiger partial charge in [-0.25, -0.2) is 4.79 Å². The second-order valence-corrected chi connectivity index (χ2v) is 6.06. The summed E-state index contributed by atoms with van der Waals surface area (Å²) >= 11 is 0. The van der Waals surface area contributed by atoms with Gasteiger partial charge in [-0.1, -0.05) is 42.5 Å². The predicted molar refractivity (Wildman–Crippen MR) is 94.5 cm³/mol. The van der Waals surface area contributed by atoms with E-state index in [9.17, 15) is 4.79 Å². The SMILES string of the molecule is Cc1ccc(C2=CCN(C(=O)OCc3ccccc3)CC2)nc1C. The molecule has 0 unspecified atom stereocenters. The monoisotopic (exact) mass is 322 g/mol. The molecule has 4 heteroatoms. The fourth-order valence-electron chi connectivity index (χ4n) is 2.69. The topological polar surface area (TPSA) is 42.4 Å². The molecule has 0 fully saturated rings. The third-order valence-electron chi connectivity index (χ3n) is 4.35. The van der Waals surface area contributed by atoms with Crippen LogP contribution in [0.3, 0.4) is 0 Å². The molecule has 0 N–H and O–H groups in total. The fourth-order valence-corrected chi connectivity index (χ4v) is 2.69. The van der Waals surface area contributed by atoms with Crippen molar-refractivity contribution in [1.29, 1.82) is 0 Å². The lowest BCUT2D eigenvalue weighted by Gasteiger charge is -2.25. The number of rotatable bonds is 3. The minimum Gasteiger partial charge on any atom is -0.445 e. The highest BCUT2D eigenvalue weighted by Gasteiger charge is 2.19. The van der Waals surface area contributed by atoms with Crippen LogP contribution in [0.1, 0.15) is 28.9 Å². The van der Waals surface area contributed by atoms with Crippen LogP contribution in [0.2, 0.25) is 0 Å². The number of ether oxygens (including phenoxy) is 1. The quantitative estimate of drug-likeness (QED) is 0.853. The summed E-state index contributed by atoms with van der Waals surface area (Å²) in [5, 5.41) is 0. The van der Waals surface area contributed by atoms with Crippen LogP contribution in [0, 0.1) is 13.8 Å². The van der Waals surface area contributed by atoms with Crippen LogP contribution >= 0.6 is 0 Å². The summed E-state index contributed by atoms with van der Waals surface area (Å²) in [4.78, 5) is 18.5. The van der Waals surface area contributed by atoms with Crippen molar-refractivity contribution in [3.63, 3.8) is 0 Å². The Morgan fingerprint density at radius 2 is 1.96 bits per heavy atom. The van der Waals surface area contributed by atoms with Gasteiger partial charge in [0.15, 0.2) is 0 Å². The first-order chi connectivity index (χ1) is 11.6. The van der Waals surface area contributed by atoms with E-state index in [0.717, 1.165) is 23.4 Å². The van der Waals surface area contributed by atoms with Crippen LogP contribution in [0.4, 0.5) is 4.79 Å². The zero-order chi connectivity index (χ0) is 16.9. The van der Waals surface area contributed by atoms with Gasteiger partial charge in [-0.05, 0) is 43.0 Å². The molecule has 24 heavy (non-hydrogen) atoms. The molecule has 2 heterocycles. The number of aromatic nitrogens is 1. The lowest BCUT2D eigenvalue weighted by molar-refractivity contribution is 0.0998. The van der Waals surface area contributed by atoms with E-state index < -0.39 is 0 Å². The highest BCUT2D eigenvalue weighted by Crippen LogP contribution is 2.22. The Morgan fingerprint density at radius 3 is 2.62 bits per heavy atom. The van der Waals surface area contributed by atoms with Crippen molar-refractivity contribution in [3.8, 4) is 0 Å². The summed E-state index contributed by atoms with van der Waals surface area (Å²) in [5.74, 6) is 0. The highest BCUT2D eigenvalue weighted by molar-refractivity contribution is 5.71.